The third kappa shape index (κ3) is 1.99. The summed E-state index contributed by atoms with van der Waals surface area (Å²) in [6.45, 7) is 5.61. The standard InChI is InChI=1S/C10H15N3/c1-3-9(6-11)13-5-4-10(2,7-12)8-13/h9H,3-5,8H2,1-2H3. The van der Waals surface area contributed by atoms with Gasteiger partial charge in [-0.2, -0.15) is 10.5 Å². The van der Waals surface area contributed by atoms with E-state index < -0.39 is 0 Å². The van der Waals surface area contributed by atoms with Crippen molar-refractivity contribution < 1.29 is 0 Å². The van der Waals surface area contributed by atoms with Crippen LogP contribution in [-0.2, 0) is 0 Å². The van der Waals surface area contributed by atoms with E-state index in [1.165, 1.54) is 0 Å². The highest BCUT2D eigenvalue weighted by Gasteiger charge is 2.36. The van der Waals surface area contributed by atoms with Crippen LogP contribution in [0, 0.1) is 28.1 Å². The molecular formula is C10H15N3. The number of nitriles is 2. The molecule has 3 heteroatoms. The maximum atomic E-state index is 8.91. The predicted octanol–water partition coefficient (Wildman–Crippen LogP) is 1.52. The van der Waals surface area contributed by atoms with Crippen LogP contribution in [0.15, 0.2) is 0 Å². The van der Waals surface area contributed by atoms with Gasteiger partial charge in [0.2, 0.25) is 0 Å². The minimum atomic E-state index is -0.232. The van der Waals surface area contributed by atoms with Crippen LogP contribution in [0.5, 0.6) is 0 Å². The quantitative estimate of drug-likeness (QED) is 0.642. The number of nitrogens with zero attached hydrogens (tertiary/aromatic N) is 3. The second-order valence-corrected chi connectivity index (χ2v) is 3.95. The summed E-state index contributed by atoms with van der Waals surface area (Å²) in [5.41, 5.74) is -0.232. The first-order valence-electron chi connectivity index (χ1n) is 4.70. The Kier molecular flexibility index (Phi) is 2.90. The molecule has 3 nitrogen and oxygen atoms in total. The lowest BCUT2D eigenvalue weighted by atomic mass is 9.92. The molecule has 70 valence electrons. The maximum Gasteiger partial charge on any atom is 0.0975 e. The molecule has 1 heterocycles. The lowest BCUT2D eigenvalue weighted by Gasteiger charge is -2.21. The van der Waals surface area contributed by atoms with Crippen LogP contribution in [0.3, 0.4) is 0 Å². The largest absolute Gasteiger partial charge is 0.286 e. The van der Waals surface area contributed by atoms with Crippen molar-refractivity contribution in [3.63, 3.8) is 0 Å². The molecule has 0 spiro atoms. The number of likely N-dealkylation sites (tertiary alicyclic amines) is 1. The lowest BCUT2D eigenvalue weighted by Crippen LogP contribution is -2.33. The Labute approximate surface area is 79.6 Å². The molecule has 0 N–H and O–H groups in total. The molecule has 0 bridgehead atoms. The zero-order chi connectivity index (χ0) is 9.90. The van der Waals surface area contributed by atoms with Crippen molar-refractivity contribution in [1.29, 1.82) is 10.5 Å². The smallest absolute Gasteiger partial charge is 0.0975 e. The molecule has 1 aliphatic heterocycles. The second-order valence-electron chi connectivity index (χ2n) is 3.95. The van der Waals surface area contributed by atoms with E-state index in [2.05, 4.69) is 17.0 Å². The highest BCUT2D eigenvalue weighted by atomic mass is 15.2. The minimum absolute atomic E-state index is 0.00447. The summed E-state index contributed by atoms with van der Waals surface area (Å²) >= 11 is 0. The summed E-state index contributed by atoms with van der Waals surface area (Å²) < 4.78 is 0. The molecular weight excluding hydrogens is 162 g/mol. The monoisotopic (exact) mass is 177 g/mol. The van der Waals surface area contributed by atoms with Crippen molar-refractivity contribution in [2.45, 2.75) is 32.7 Å². The Morgan fingerprint density at radius 1 is 1.54 bits per heavy atom. The van der Waals surface area contributed by atoms with E-state index in [1.54, 1.807) is 0 Å². The van der Waals surface area contributed by atoms with Gasteiger partial charge >= 0.3 is 0 Å². The van der Waals surface area contributed by atoms with Crippen molar-refractivity contribution in [3.8, 4) is 12.1 Å². The number of hydrogen-bond donors (Lipinski definition) is 0. The lowest BCUT2D eigenvalue weighted by molar-refractivity contribution is 0.263. The normalized spacial score (nSPS) is 30.8. The van der Waals surface area contributed by atoms with E-state index in [1.807, 2.05) is 13.8 Å². The molecule has 0 aliphatic carbocycles. The van der Waals surface area contributed by atoms with Crippen LogP contribution in [0.4, 0.5) is 0 Å². The summed E-state index contributed by atoms with van der Waals surface area (Å²) in [6.07, 6.45) is 1.74. The fourth-order valence-electron chi connectivity index (χ4n) is 1.79. The average Bonchev–Trinajstić information content (AvgIpc) is 2.52. The first kappa shape index (κ1) is 10.0. The van der Waals surface area contributed by atoms with Gasteiger partial charge in [0.25, 0.3) is 0 Å². The molecule has 0 saturated carbocycles. The maximum absolute atomic E-state index is 8.91. The van der Waals surface area contributed by atoms with Crippen molar-refractivity contribution in [3.05, 3.63) is 0 Å². The van der Waals surface area contributed by atoms with Crippen LogP contribution >= 0.6 is 0 Å². The highest BCUT2D eigenvalue weighted by molar-refractivity contribution is 5.05. The highest BCUT2D eigenvalue weighted by Crippen LogP contribution is 2.30. The van der Waals surface area contributed by atoms with Crippen molar-refractivity contribution in [1.82, 2.24) is 4.90 Å². The van der Waals surface area contributed by atoms with Gasteiger partial charge in [-0.15, -0.1) is 0 Å². The Bertz CT molecular complexity index is 260. The van der Waals surface area contributed by atoms with Gasteiger partial charge in [-0.1, -0.05) is 6.92 Å². The zero-order valence-corrected chi connectivity index (χ0v) is 8.25. The van der Waals surface area contributed by atoms with Gasteiger partial charge < -0.3 is 0 Å². The molecule has 0 aromatic rings. The van der Waals surface area contributed by atoms with Gasteiger partial charge in [-0.25, -0.2) is 0 Å². The summed E-state index contributed by atoms with van der Waals surface area (Å²) in [5, 5.41) is 17.8. The zero-order valence-electron chi connectivity index (χ0n) is 8.25. The Balaban J connectivity index is 2.61. The summed E-state index contributed by atoms with van der Waals surface area (Å²) in [4.78, 5) is 2.11. The Hall–Kier alpha value is -1.06. The molecule has 2 atom stereocenters. The molecule has 0 aromatic heterocycles. The molecule has 1 saturated heterocycles. The fourth-order valence-corrected chi connectivity index (χ4v) is 1.79. The average molecular weight is 177 g/mol. The Morgan fingerprint density at radius 2 is 2.23 bits per heavy atom. The molecule has 2 unspecified atom stereocenters. The first-order chi connectivity index (χ1) is 6.15. The molecule has 1 fully saturated rings. The van der Waals surface area contributed by atoms with Gasteiger partial charge in [0, 0.05) is 13.1 Å². The van der Waals surface area contributed by atoms with E-state index >= 15 is 0 Å². The SMILES string of the molecule is CCC(C#N)N1CCC(C)(C#N)C1. The number of rotatable bonds is 2. The van der Waals surface area contributed by atoms with E-state index in [0.29, 0.717) is 0 Å². The molecule has 0 aromatic carbocycles. The van der Waals surface area contributed by atoms with Crippen LogP contribution in [-0.4, -0.2) is 24.0 Å². The van der Waals surface area contributed by atoms with Crippen LogP contribution in [0.2, 0.25) is 0 Å². The molecule has 0 radical (unpaired) electrons. The molecule has 1 rings (SSSR count). The van der Waals surface area contributed by atoms with Crippen LogP contribution in [0.1, 0.15) is 26.7 Å². The van der Waals surface area contributed by atoms with Gasteiger partial charge in [0.05, 0.1) is 23.6 Å². The van der Waals surface area contributed by atoms with Crippen LogP contribution in [0.25, 0.3) is 0 Å². The van der Waals surface area contributed by atoms with Crippen LogP contribution < -0.4 is 0 Å². The molecule has 13 heavy (non-hydrogen) atoms. The van der Waals surface area contributed by atoms with E-state index in [4.69, 9.17) is 10.5 Å². The van der Waals surface area contributed by atoms with E-state index in [-0.39, 0.29) is 11.5 Å². The van der Waals surface area contributed by atoms with Gasteiger partial charge in [-0.05, 0) is 19.8 Å². The molecule has 1 aliphatic rings. The van der Waals surface area contributed by atoms with Gasteiger partial charge in [0.1, 0.15) is 0 Å². The van der Waals surface area contributed by atoms with E-state index in [0.717, 1.165) is 25.9 Å². The molecule has 0 amide bonds. The first-order valence-corrected chi connectivity index (χ1v) is 4.70. The van der Waals surface area contributed by atoms with E-state index in [9.17, 15) is 0 Å². The van der Waals surface area contributed by atoms with Crippen molar-refractivity contribution in [2.75, 3.05) is 13.1 Å². The topological polar surface area (TPSA) is 50.8 Å². The minimum Gasteiger partial charge on any atom is -0.286 e. The van der Waals surface area contributed by atoms with Gasteiger partial charge in [-0.3, -0.25) is 4.90 Å². The second kappa shape index (κ2) is 3.77. The summed E-state index contributed by atoms with van der Waals surface area (Å²) in [6, 6.07) is 4.59. The predicted molar refractivity (Wildman–Crippen MR) is 49.6 cm³/mol. The number of hydrogen-bond acceptors (Lipinski definition) is 3. The third-order valence-electron chi connectivity index (χ3n) is 2.75. The summed E-state index contributed by atoms with van der Waals surface area (Å²) in [7, 11) is 0. The third-order valence-corrected chi connectivity index (χ3v) is 2.75. The van der Waals surface area contributed by atoms with Gasteiger partial charge in [0.15, 0.2) is 0 Å². The van der Waals surface area contributed by atoms with Crippen molar-refractivity contribution in [2.24, 2.45) is 5.41 Å². The van der Waals surface area contributed by atoms with Crippen molar-refractivity contribution >= 4 is 0 Å². The Morgan fingerprint density at radius 3 is 2.62 bits per heavy atom. The fraction of sp³-hybridized carbons (Fsp3) is 0.800. The summed E-state index contributed by atoms with van der Waals surface area (Å²) in [5.74, 6) is 0.